The van der Waals surface area contributed by atoms with Crippen LogP contribution in [0.4, 0.5) is 0 Å². The number of ether oxygens (including phenoxy) is 1. The summed E-state index contributed by atoms with van der Waals surface area (Å²) in [6, 6.07) is 8.60. The van der Waals surface area contributed by atoms with Crippen LogP contribution in [0.1, 0.15) is 63.8 Å². The van der Waals surface area contributed by atoms with Crippen molar-refractivity contribution in [2.75, 3.05) is 13.2 Å². The average molecular weight is 519 g/mol. The SMILES string of the molecule is O=c1cnn(-c2nc3ccccc3n([C@H]3C[C@H]4COC[C@@H](C3)N4[C@@H]3C[C@@H]4CCCC[C@@H](C4)C3)c2=O)c(=O)[nH]1. The number of para-hydroxylation sites is 2. The van der Waals surface area contributed by atoms with Crippen LogP contribution < -0.4 is 16.8 Å². The zero-order valence-corrected chi connectivity index (χ0v) is 21.5. The number of fused-ring (bicyclic) bond motifs is 5. The van der Waals surface area contributed by atoms with Crippen LogP contribution in [0, 0.1) is 11.8 Å². The summed E-state index contributed by atoms with van der Waals surface area (Å²) < 4.78 is 8.79. The molecule has 4 heterocycles. The maximum absolute atomic E-state index is 14.0. The molecule has 4 fully saturated rings. The molecule has 200 valence electrons. The highest BCUT2D eigenvalue weighted by molar-refractivity contribution is 5.75. The lowest BCUT2D eigenvalue weighted by atomic mass is 9.75. The van der Waals surface area contributed by atoms with Gasteiger partial charge in [0, 0.05) is 24.2 Å². The lowest BCUT2D eigenvalue weighted by molar-refractivity contribution is -0.116. The van der Waals surface area contributed by atoms with Gasteiger partial charge in [-0.25, -0.2) is 9.78 Å². The summed E-state index contributed by atoms with van der Waals surface area (Å²) in [5.41, 5.74) is -0.397. The van der Waals surface area contributed by atoms with E-state index in [-0.39, 0.29) is 29.5 Å². The van der Waals surface area contributed by atoms with E-state index < -0.39 is 11.2 Å². The predicted octanol–water partition coefficient (Wildman–Crippen LogP) is 2.39. The van der Waals surface area contributed by atoms with Crippen LogP contribution in [-0.2, 0) is 4.74 Å². The first kappa shape index (κ1) is 24.0. The number of hydrogen-bond acceptors (Lipinski definition) is 7. The number of benzene rings is 1. The summed E-state index contributed by atoms with van der Waals surface area (Å²) >= 11 is 0. The van der Waals surface area contributed by atoms with Gasteiger partial charge in [-0.1, -0.05) is 37.8 Å². The molecule has 2 aliphatic heterocycles. The number of aromatic nitrogens is 5. The molecule has 10 nitrogen and oxygen atoms in total. The number of nitrogens with zero attached hydrogens (tertiary/aromatic N) is 5. The number of hydrogen-bond donors (Lipinski definition) is 1. The Morgan fingerprint density at radius 1 is 0.842 bits per heavy atom. The molecule has 2 aromatic heterocycles. The Balaban J connectivity index is 1.27. The van der Waals surface area contributed by atoms with Crippen molar-refractivity contribution < 1.29 is 4.74 Å². The van der Waals surface area contributed by atoms with Crippen molar-refractivity contribution in [2.45, 2.75) is 82.0 Å². The molecule has 2 aliphatic carbocycles. The van der Waals surface area contributed by atoms with Crippen LogP contribution in [0.25, 0.3) is 16.9 Å². The van der Waals surface area contributed by atoms with Gasteiger partial charge in [0.15, 0.2) is 0 Å². The fourth-order valence-electron chi connectivity index (χ4n) is 7.98. The Morgan fingerprint density at radius 3 is 2.26 bits per heavy atom. The summed E-state index contributed by atoms with van der Waals surface area (Å²) in [5, 5.41) is 3.92. The average Bonchev–Trinajstić information content (AvgIpc) is 3.07. The monoisotopic (exact) mass is 518 g/mol. The predicted molar refractivity (Wildman–Crippen MR) is 142 cm³/mol. The van der Waals surface area contributed by atoms with Crippen LogP contribution in [0.15, 0.2) is 44.8 Å². The summed E-state index contributed by atoms with van der Waals surface area (Å²) in [7, 11) is 0. The van der Waals surface area contributed by atoms with E-state index in [4.69, 9.17) is 4.74 Å². The maximum Gasteiger partial charge on any atom is 0.351 e. The van der Waals surface area contributed by atoms with Crippen molar-refractivity contribution in [3.8, 4) is 5.82 Å². The van der Waals surface area contributed by atoms with Gasteiger partial charge in [-0.3, -0.25) is 19.5 Å². The van der Waals surface area contributed by atoms with Gasteiger partial charge in [0.2, 0.25) is 5.82 Å². The van der Waals surface area contributed by atoms with Gasteiger partial charge in [-0.05, 0) is 56.1 Å². The molecule has 0 unspecified atom stereocenters. The fourth-order valence-corrected chi connectivity index (χ4v) is 7.98. The molecule has 4 aliphatic rings. The second kappa shape index (κ2) is 9.57. The minimum atomic E-state index is -0.775. The first-order valence-electron chi connectivity index (χ1n) is 14.1. The summed E-state index contributed by atoms with van der Waals surface area (Å²) in [6.45, 7) is 1.37. The number of aromatic amines is 1. The van der Waals surface area contributed by atoms with Gasteiger partial charge in [-0.15, -0.1) is 0 Å². The Bertz CT molecular complexity index is 1500. The van der Waals surface area contributed by atoms with E-state index in [1.807, 2.05) is 28.8 Å². The minimum Gasteiger partial charge on any atom is -0.378 e. The van der Waals surface area contributed by atoms with Crippen molar-refractivity contribution in [1.82, 2.24) is 29.2 Å². The zero-order chi connectivity index (χ0) is 25.8. The van der Waals surface area contributed by atoms with Crippen LogP contribution in [0.3, 0.4) is 0 Å². The van der Waals surface area contributed by atoms with E-state index >= 15 is 0 Å². The molecule has 6 atom stereocenters. The number of piperidine rings is 1. The molecular formula is C28H34N6O4. The van der Waals surface area contributed by atoms with E-state index in [1.54, 1.807) is 0 Å². The third-order valence-electron chi connectivity index (χ3n) is 9.38. The Labute approximate surface area is 219 Å². The number of nitrogens with one attached hydrogen (secondary N) is 1. The lowest BCUT2D eigenvalue weighted by Gasteiger charge is -2.54. The van der Waals surface area contributed by atoms with Gasteiger partial charge in [0.05, 0.1) is 24.2 Å². The molecule has 1 aromatic carbocycles. The van der Waals surface area contributed by atoms with E-state index in [9.17, 15) is 14.4 Å². The van der Waals surface area contributed by atoms with E-state index in [2.05, 4.69) is 20.0 Å². The molecule has 1 N–H and O–H groups in total. The highest BCUT2D eigenvalue weighted by Gasteiger charge is 2.45. The van der Waals surface area contributed by atoms with Crippen LogP contribution in [-0.4, -0.2) is 60.6 Å². The molecule has 10 heteroatoms. The molecule has 38 heavy (non-hydrogen) atoms. The third-order valence-corrected chi connectivity index (χ3v) is 9.38. The molecular weight excluding hydrogens is 484 g/mol. The molecule has 7 rings (SSSR count). The Morgan fingerprint density at radius 2 is 1.55 bits per heavy atom. The zero-order valence-electron chi connectivity index (χ0n) is 21.5. The highest BCUT2D eigenvalue weighted by atomic mass is 16.5. The smallest absolute Gasteiger partial charge is 0.351 e. The van der Waals surface area contributed by atoms with Crippen molar-refractivity contribution in [3.05, 3.63) is 61.7 Å². The quantitative estimate of drug-likeness (QED) is 0.566. The lowest BCUT2D eigenvalue weighted by Crippen LogP contribution is -2.62. The molecule has 0 radical (unpaired) electrons. The standard InChI is InChI=1S/C28H34N6O4/c35-25-14-29-34(28(37)31-25)26-27(36)33(24-8-4-3-7-23(24)30-26)20-12-21-15-38-16-22(13-20)32(21)19-10-17-5-1-2-6-18(9-17)11-19/h3-4,7-8,14,17-22H,1-2,5-6,9-13,15-16H2,(H,31,35,37)/t17-,18+,19-,20-,21-,22+. The van der Waals surface area contributed by atoms with Crippen molar-refractivity contribution in [1.29, 1.82) is 0 Å². The Kier molecular flexibility index (Phi) is 6.04. The second-order valence-corrected chi connectivity index (χ2v) is 11.7. The van der Waals surface area contributed by atoms with Crippen LogP contribution in [0.5, 0.6) is 0 Å². The molecule has 4 bridgehead atoms. The van der Waals surface area contributed by atoms with Crippen molar-refractivity contribution in [2.24, 2.45) is 11.8 Å². The first-order chi connectivity index (χ1) is 18.5. The number of H-pyrrole nitrogens is 1. The van der Waals surface area contributed by atoms with E-state index in [1.165, 1.54) is 44.9 Å². The molecule has 0 amide bonds. The number of morpholine rings is 1. The van der Waals surface area contributed by atoms with E-state index in [0.717, 1.165) is 41.1 Å². The summed E-state index contributed by atoms with van der Waals surface area (Å²) in [5.74, 6) is 1.60. The largest absolute Gasteiger partial charge is 0.378 e. The molecule has 2 saturated carbocycles. The fraction of sp³-hybridized carbons (Fsp3) is 0.607. The second-order valence-electron chi connectivity index (χ2n) is 11.7. The summed E-state index contributed by atoms with van der Waals surface area (Å²) in [4.78, 5) is 47.5. The molecule has 0 spiro atoms. The minimum absolute atomic E-state index is 0.0476. The Hall–Kier alpha value is -3.11. The topological polar surface area (TPSA) is 115 Å². The third kappa shape index (κ3) is 4.14. The summed E-state index contributed by atoms with van der Waals surface area (Å²) in [6.07, 6.45) is 12.1. The van der Waals surface area contributed by atoms with Crippen molar-refractivity contribution in [3.63, 3.8) is 0 Å². The van der Waals surface area contributed by atoms with E-state index in [0.29, 0.717) is 24.8 Å². The molecule has 2 saturated heterocycles. The van der Waals surface area contributed by atoms with Crippen molar-refractivity contribution >= 4 is 11.0 Å². The van der Waals surface area contributed by atoms with Gasteiger partial charge in [0.25, 0.3) is 11.1 Å². The maximum atomic E-state index is 14.0. The van der Waals surface area contributed by atoms with Crippen LogP contribution >= 0.6 is 0 Å². The van der Waals surface area contributed by atoms with Gasteiger partial charge >= 0.3 is 5.69 Å². The molecule has 3 aromatic rings. The first-order valence-corrected chi connectivity index (χ1v) is 14.1. The van der Waals surface area contributed by atoms with Crippen LogP contribution in [0.2, 0.25) is 0 Å². The normalized spacial score (nSPS) is 31.7. The van der Waals surface area contributed by atoms with Gasteiger partial charge in [-0.2, -0.15) is 9.78 Å². The van der Waals surface area contributed by atoms with Gasteiger partial charge < -0.3 is 9.30 Å². The highest BCUT2D eigenvalue weighted by Crippen LogP contribution is 2.44. The van der Waals surface area contributed by atoms with Gasteiger partial charge in [0.1, 0.15) is 6.20 Å². The number of rotatable bonds is 3.